The summed E-state index contributed by atoms with van der Waals surface area (Å²) in [4.78, 5) is 14.0. The number of benzene rings is 2. The first-order chi connectivity index (χ1) is 12.2. The topological polar surface area (TPSA) is 44.4 Å². The van der Waals surface area contributed by atoms with Gasteiger partial charge >= 0.3 is 12.2 Å². The van der Waals surface area contributed by atoms with Gasteiger partial charge in [0.05, 0.1) is 11.6 Å². The molecule has 2 aromatic rings. The summed E-state index contributed by atoms with van der Waals surface area (Å²) >= 11 is 0. The van der Waals surface area contributed by atoms with Gasteiger partial charge in [-0.25, -0.2) is 4.79 Å². The molecule has 0 heterocycles. The van der Waals surface area contributed by atoms with Crippen LogP contribution in [0.25, 0.3) is 0 Å². The Bertz CT molecular complexity index is 742. The van der Waals surface area contributed by atoms with Crippen LogP contribution in [0.4, 0.5) is 23.7 Å². The van der Waals surface area contributed by atoms with E-state index in [1.165, 1.54) is 6.07 Å². The highest BCUT2D eigenvalue weighted by atomic mass is 19.4. The first-order valence-electron chi connectivity index (χ1n) is 8.14. The minimum absolute atomic E-state index is 0.328. The number of urea groups is 1. The standard InChI is InChI=1S/C19H22F3N3O/c1-13(15-5-4-6-16(11-15)19(20,21)22)24-18(26)23-12-14-7-9-17(10-8-14)25(2)3/h4-11,13H,12H2,1-3H3,(H2,23,24,26). The van der Waals surface area contributed by atoms with E-state index < -0.39 is 23.8 Å². The number of nitrogens with one attached hydrogen (secondary N) is 2. The predicted octanol–water partition coefficient (Wildman–Crippen LogP) is 4.33. The molecule has 1 atom stereocenters. The van der Waals surface area contributed by atoms with Crippen LogP contribution >= 0.6 is 0 Å². The van der Waals surface area contributed by atoms with Gasteiger partial charge in [0.25, 0.3) is 0 Å². The zero-order valence-electron chi connectivity index (χ0n) is 14.9. The molecule has 0 spiro atoms. The van der Waals surface area contributed by atoms with Crippen molar-refractivity contribution in [1.29, 1.82) is 0 Å². The van der Waals surface area contributed by atoms with Gasteiger partial charge in [0.1, 0.15) is 0 Å². The third-order valence-electron chi connectivity index (χ3n) is 3.97. The number of nitrogens with zero attached hydrogens (tertiary/aromatic N) is 1. The number of rotatable bonds is 5. The number of hydrogen-bond acceptors (Lipinski definition) is 2. The van der Waals surface area contributed by atoms with Crippen LogP contribution in [0.5, 0.6) is 0 Å². The van der Waals surface area contributed by atoms with Gasteiger partial charge in [-0.1, -0.05) is 24.3 Å². The van der Waals surface area contributed by atoms with Crippen LogP contribution in [0.2, 0.25) is 0 Å². The van der Waals surface area contributed by atoms with E-state index in [0.29, 0.717) is 12.1 Å². The zero-order valence-corrected chi connectivity index (χ0v) is 14.9. The number of carbonyl (C=O) groups excluding carboxylic acids is 1. The van der Waals surface area contributed by atoms with E-state index in [4.69, 9.17) is 0 Å². The molecule has 2 N–H and O–H groups in total. The molecule has 0 aliphatic carbocycles. The molecule has 0 saturated carbocycles. The van der Waals surface area contributed by atoms with Crippen molar-refractivity contribution >= 4 is 11.7 Å². The maximum Gasteiger partial charge on any atom is 0.416 e. The van der Waals surface area contributed by atoms with Crippen molar-refractivity contribution in [2.75, 3.05) is 19.0 Å². The monoisotopic (exact) mass is 365 g/mol. The minimum Gasteiger partial charge on any atom is -0.378 e. The largest absolute Gasteiger partial charge is 0.416 e. The molecule has 0 aliphatic rings. The van der Waals surface area contributed by atoms with E-state index in [9.17, 15) is 18.0 Å². The van der Waals surface area contributed by atoms with Crippen molar-refractivity contribution in [3.63, 3.8) is 0 Å². The SMILES string of the molecule is CC(NC(=O)NCc1ccc(N(C)C)cc1)c1cccc(C(F)(F)F)c1. The van der Waals surface area contributed by atoms with Crippen LogP contribution in [0.3, 0.4) is 0 Å². The molecule has 0 aromatic heterocycles. The van der Waals surface area contributed by atoms with Crippen LogP contribution in [0.15, 0.2) is 48.5 Å². The average Bonchev–Trinajstić information content (AvgIpc) is 2.59. The van der Waals surface area contributed by atoms with Gasteiger partial charge in [0, 0.05) is 26.3 Å². The van der Waals surface area contributed by atoms with Crippen molar-refractivity contribution in [3.05, 3.63) is 65.2 Å². The number of alkyl halides is 3. The highest BCUT2D eigenvalue weighted by molar-refractivity contribution is 5.74. The van der Waals surface area contributed by atoms with Gasteiger partial charge in [-0.2, -0.15) is 13.2 Å². The zero-order chi connectivity index (χ0) is 19.3. The van der Waals surface area contributed by atoms with Crippen molar-refractivity contribution in [1.82, 2.24) is 10.6 Å². The molecule has 140 valence electrons. The molecule has 2 amide bonds. The fraction of sp³-hybridized carbons (Fsp3) is 0.316. The Balaban J connectivity index is 1.91. The third kappa shape index (κ3) is 5.40. The molecule has 0 fully saturated rings. The molecule has 0 bridgehead atoms. The number of carbonyl (C=O) groups is 1. The molecular formula is C19H22F3N3O. The Morgan fingerprint density at radius 2 is 1.77 bits per heavy atom. The molecule has 1 unspecified atom stereocenters. The second-order valence-corrected chi connectivity index (χ2v) is 6.23. The lowest BCUT2D eigenvalue weighted by atomic mass is 10.1. The molecule has 0 radical (unpaired) electrons. The van der Waals surface area contributed by atoms with E-state index in [2.05, 4.69) is 10.6 Å². The Labute approximate surface area is 151 Å². The van der Waals surface area contributed by atoms with E-state index in [0.717, 1.165) is 23.4 Å². The summed E-state index contributed by atoms with van der Waals surface area (Å²) < 4.78 is 38.3. The van der Waals surface area contributed by atoms with Gasteiger partial charge in [0.15, 0.2) is 0 Å². The first kappa shape index (κ1) is 19.6. The lowest BCUT2D eigenvalue weighted by Crippen LogP contribution is -2.36. The lowest BCUT2D eigenvalue weighted by molar-refractivity contribution is -0.137. The highest BCUT2D eigenvalue weighted by Crippen LogP contribution is 2.30. The van der Waals surface area contributed by atoms with Gasteiger partial charge in [-0.15, -0.1) is 0 Å². The minimum atomic E-state index is -4.41. The van der Waals surface area contributed by atoms with E-state index in [1.54, 1.807) is 13.0 Å². The van der Waals surface area contributed by atoms with Crippen LogP contribution in [0.1, 0.15) is 29.7 Å². The number of hydrogen-bond donors (Lipinski definition) is 2. The summed E-state index contributed by atoms with van der Waals surface area (Å²) in [5, 5.41) is 5.36. The molecule has 0 aliphatic heterocycles. The van der Waals surface area contributed by atoms with Crippen LogP contribution in [0, 0.1) is 0 Å². The summed E-state index contributed by atoms with van der Waals surface area (Å²) in [6.07, 6.45) is -4.41. The van der Waals surface area contributed by atoms with Crippen LogP contribution < -0.4 is 15.5 Å². The average molecular weight is 365 g/mol. The molecule has 26 heavy (non-hydrogen) atoms. The maximum absolute atomic E-state index is 12.8. The van der Waals surface area contributed by atoms with Crippen molar-refractivity contribution < 1.29 is 18.0 Å². The summed E-state index contributed by atoms with van der Waals surface area (Å²) in [5.74, 6) is 0. The summed E-state index contributed by atoms with van der Waals surface area (Å²) in [5.41, 5.74) is 1.64. The van der Waals surface area contributed by atoms with E-state index >= 15 is 0 Å². The quantitative estimate of drug-likeness (QED) is 0.828. The lowest BCUT2D eigenvalue weighted by Gasteiger charge is -2.17. The van der Waals surface area contributed by atoms with Gasteiger partial charge in [-0.05, 0) is 42.3 Å². The van der Waals surface area contributed by atoms with Gasteiger partial charge in [-0.3, -0.25) is 0 Å². The van der Waals surface area contributed by atoms with Crippen molar-refractivity contribution in [3.8, 4) is 0 Å². The van der Waals surface area contributed by atoms with Crippen molar-refractivity contribution in [2.45, 2.75) is 25.7 Å². The predicted molar refractivity (Wildman–Crippen MR) is 96.0 cm³/mol. The van der Waals surface area contributed by atoms with Gasteiger partial charge in [0.2, 0.25) is 0 Å². The van der Waals surface area contributed by atoms with E-state index in [-0.39, 0.29) is 0 Å². The normalized spacial score (nSPS) is 12.4. The smallest absolute Gasteiger partial charge is 0.378 e. The fourth-order valence-corrected chi connectivity index (χ4v) is 2.41. The van der Waals surface area contributed by atoms with E-state index in [1.807, 2.05) is 43.3 Å². The third-order valence-corrected chi connectivity index (χ3v) is 3.97. The first-order valence-corrected chi connectivity index (χ1v) is 8.14. The van der Waals surface area contributed by atoms with Gasteiger partial charge < -0.3 is 15.5 Å². The molecule has 4 nitrogen and oxygen atoms in total. The van der Waals surface area contributed by atoms with Crippen LogP contribution in [-0.2, 0) is 12.7 Å². The summed E-state index contributed by atoms with van der Waals surface area (Å²) in [7, 11) is 3.88. The Hall–Kier alpha value is -2.70. The highest BCUT2D eigenvalue weighted by Gasteiger charge is 2.30. The molecular weight excluding hydrogens is 343 g/mol. The Kier molecular flexibility index (Phi) is 6.13. The second-order valence-electron chi connectivity index (χ2n) is 6.23. The second kappa shape index (κ2) is 8.12. The Morgan fingerprint density at radius 3 is 2.35 bits per heavy atom. The molecule has 7 heteroatoms. The molecule has 2 aromatic carbocycles. The fourth-order valence-electron chi connectivity index (χ4n) is 2.41. The number of halogens is 3. The Morgan fingerprint density at radius 1 is 1.12 bits per heavy atom. The molecule has 2 rings (SSSR count). The summed E-state index contributed by atoms with van der Waals surface area (Å²) in [6.45, 7) is 1.97. The maximum atomic E-state index is 12.8. The van der Waals surface area contributed by atoms with Crippen molar-refractivity contribution in [2.24, 2.45) is 0 Å². The molecule has 0 saturated heterocycles. The van der Waals surface area contributed by atoms with Crippen LogP contribution in [-0.4, -0.2) is 20.1 Å². The summed E-state index contributed by atoms with van der Waals surface area (Å²) in [6, 6.07) is 11.7. The number of anilines is 1. The number of amides is 2.